The van der Waals surface area contributed by atoms with Gasteiger partial charge in [0.2, 0.25) is 5.78 Å². The first kappa shape index (κ1) is 15.5. The van der Waals surface area contributed by atoms with Crippen LogP contribution in [-0.2, 0) is 0 Å². The molecule has 0 spiro atoms. The second kappa shape index (κ2) is 5.22. The quantitative estimate of drug-likeness (QED) is 0.555. The fraction of sp³-hybridized carbons (Fsp3) is 0.222. The predicted octanol–water partition coefficient (Wildman–Crippen LogP) is 1.44. The molecule has 2 aliphatic rings. The number of ketones is 2. The summed E-state index contributed by atoms with van der Waals surface area (Å²) in [6.07, 6.45) is 0.344. The molecular formula is C18H14O7. The molecule has 2 aromatic carbocycles. The Balaban J connectivity index is 1.97. The van der Waals surface area contributed by atoms with Gasteiger partial charge in [-0.2, -0.15) is 0 Å². The van der Waals surface area contributed by atoms with Gasteiger partial charge in [0.05, 0.1) is 17.7 Å². The number of fused-ring (bicyclic) bond motifs is 3. The van der Waals surface area contributed by atoms with E-state index in [-0.39, 0.29) is 52.9 Å². The third-order valence-corrected chi connectivity index (χ3v) is 4.67. The van der Waals surface area contributed by atoms with Gasteiger partial charge in [0.15, 0.2) is 5.78 Å². The zero-order valence-corrected chi connectivity index (χ0v) is 12.9. The highest BCUT2D eigenvalue weighted by molar-refractivity contribution is 6.30. The van der Waals surface area contributed by atoms with E-state index in [0.29, 0.717) is 17.7 Å². The van der Waals surface area contributed by atoms with E-state index < -0.39 is 17.3 Å². The van der Waals surface area contributed by atoms with Crippen LogP contribution >= 0.6 is 0 Å². The Bertz CT molecular complexity index is 945. The maximum atomic E-state index is 12.8. The topological polar surface area (TPSA) is 124 Å². The molecule has 7 nitrogen and oxygen atoms in total. The molecule has 0 saturated heterocycles. The number of aromatic hydroxyl groups is 3. The van der Waals surface area contributed by atoms with Gasteiger partial charge in [0.1, 0.15) is 23.0 Å². The lowest BCUT2D eigenvalue weighted by molar-refractivity contribution is 0.0973. The lowest BCUT2D eigenvalue weighted by Crippen LogP contribution is -2.21. The van der Waals surface area contributed by atoms with E-state index in [4.69, 9.17) is 9.84 Å². The normalized spacial score (nSPS) is 17.7. The molecule has 128 valence electrons. The summed E-state index contributed by atoms with van der Waals surface area (Å²) in [6.45, 7) is 0.119. The summed E-state index contributed by atoms with van der Waals surface area (Å²) in [5.74, 6) is -2.51. The Labute approximate surface area is 141 Å². The van der Waals surface area contributed by atoms with Crippen LogP contribution in [0.3, 0.4) is 0 Å². The van der Waals surface area contributed by atoms with Crippen molar-refractivity contribution in [2.45, 2.75) is 12.3 Å². The first-order valence-electron chi connectivity index (χ1n) is 7.73. The average molecular weight is 342 g/mol. The number of ether oxygens (including phenoxy) is 1. The van der Waals surface area contributed by atoms with Gasteiger partial charge in [-0.1, -0.05) is 0 Å². The second-order valence-corrected chi connectivity index (χ2v) is 6.13. The van der Waals surface area contributed by atoms with Gasteiger partial charge in [-0.25, -0.2) is 0 Å². The third kappa shape index (κ3) is 2.02. The van der Waals surface area contributed by atoms with Crippen molar-refractivity contribution >= 4 is 11.6 Å². The van der Waals surface area contributed by atoms with E-state index in [1.54, 1.807) is 0 Å². The van der Waals surface area contributed by atoms with E-state index >= 15 is 0 Å². The average Bonchev–Trinajstić information content (AvgIpc) is 2.95. The monoisotopic (exact) mass is 342 g/mol. The zero-order valence-electron chi connectivity index (χ0n) is 12.9. The second-order valence-electron chi connectivity index (χ2n) is 6.13. The number of phenols is 3. The van der Waals surface area contributed by atoms with Gasteiger partial charge in [0.25, 0.3) is 0 Å². The first-order chi connectivity index (χ1) is 11.9. The molecule has 1 aliphatic carbocycles. The van der Waals surface area contributed by atoms with Crippen LogP contribution in [0.15, 0.2) is 18.2 Å². The third-order valence-electron chi connectivity index (χ3n) is 4.67. The Morgan fingerprint density at radius 1 is 1.00 bits per heavy atom. The maximum Gasteiger partial charge on any atom is 0.201 e. The van der Waals surface area contributed by atoms with Crippen LogP contribution < -0.4 is 4.74 Å². The van der Waals surface area contributed by atoms with E-state index in [0.717, 1.165) is 12.1 Å². The van der Waals surface area contributed by atoms with Crippen LogP contribution in [0.1, 0.15) is 49.7 Å². The Hall–Kier alpha value is -3.06. The first-order valence-corrected chi connectivity index (χ1v) is 7.73. The predicted molar refractivity (Wildman–Crippen MR) is 84.7 cm³/mol. The van der Waals surface area contributed by atoms with Crippen LogP contribution in [-0.4, -0.2) is 45.2 Å². The SMILES string of the molecule is O=C1c2cc(O)cc(O)c2C(=O)c2c1cc1c(c2O)[C@@H](CCO)CO1. The van der Waals surface area contributed by atoms with Gasteiger partial charge in [-0.3, -0.25) is 9.59 Å². The molecule has 25 heavy (non-hydrogen) atoms. The molecule has 0 bridgehead atoms. The van der Waals surface area contributed by atoms with Crippen molar-refractivity contribution in [2.75, 3.05) is 13.2 Å². The molecule has 0 fully saturated rings. The molecule has 1 atom stereocenters. The Morgan fingerprint density at radius 3 is 2.44 bits per heavy atom. The minimum atomic E-state index is -0.697. The van der Waals surface area contributed by atoms with Crippen LogP contribution in [0.2, 0.25) is 0 Å². The molecule has 4 N–H and O–H groups in total. The lowest BCUT2D eigenvalue weighted by atomic mass is 9.80. The number of rotatable bonds is 2. The van der Waals surface area contributed by atoms with E-state index in [1.165, 1.54) is 6.07 Å². The van der Waals surface area contributed by atoms with Crippen LogP contribution in [0.25, 0.3) is 0 Å². The van der Waals surface area contributed by atoms with Crippen molar-refractivity contribution in [3.63, 3.8) is 0 Å². The van der Waals surface area contributed by atoms with E-state index in [1.807, 2.05) is 0 Å². The molecule has 1 heterocycles. The maximum absolute atomic E-state index is 12.8. The zero-order chi connectivity index (χ0) is 17.9. The van der Waals surface area contributed by atoms with Crippen LogP contribution in [0.4, 0.5) is 0 Å². The molecular weight excluding hydrogens is 328 g/mol. The molecule has 0 aromatic heterocycles. The minimum Gasteiger partial charge on any atom is -0.508 e. The highest BCUT2D eigenvalue weighted by Crippen LogP contribution is 2.48. The number of carbonyl (C=O) groups is 2. The molecule has 4 rings (SSSR count). The number of aliphatic hydroxyl groups excluding tert-OH is 1. The number of hydrogen-bond acceptors (Lipinski definition) is 7. The van der Waals surface area contributed by atoms with Crippen molar-refractivity contribution < 1.29 is 34.8 Å². The number of aliphatic hydroxyl groups is 1. The van der Waals surface area contributed by atoms with Gasteiger partial charge >= 0.3 is 0 Å². The molecule has 0 radical (unpaired) electrons. The molecule has 2 aromatic rings. The van der Waals surface area contributed by atoms with Gasteiger partial charge < -0.3 is 25.2 Å². The number of carbonyl (C=O) groups excluding carboxylic acids is 2. The van der Waals surface area contributed by atoms with Crippen molar-refractivity contribution in [2.24, 2.45) is 0 Å². The summed E-state index contributed by atoms with van der Waals surface area (Å²) < 4.78 is 5.50. The number of phenolic OH excluding ortho intramolecular Hbond substituents is 3. The summed E-state index contributed by atoms with van der Waals surface area (Å²) in [4.78, 5) is 25.6. The Kier molecular flexibility index (Phi) is 3.23. The van der Waals surface area contributed by atoms with Crippen molar-refractivity contribution in [1.29, 1.82) is 0 Å². The molecule has 0 unspecified atom stereocenters. The smallest absolute Gasteiger partial charge is 0.201 e. The fourth-order valence-electron chi connectivity index (χ4n) is 3.54. The van der Waals surface area contributed by atoms with Crippen LogP contribution in [0, 0.1) is 0 Å². The highest BCUT2D eigenvalue weighted by atomic mass is 16.5. The number of hydrogen-bond donors (Lipinski definition) is 4. The molecule has 0 saturated carbocycles. The minimum absolute atomic E-state index is 0.0385. The summed E-state index contributed by atoms with van der Waals surface area (Å²) in [5, 5.41) is 39.4. The van der Waals surface area contributed by atoms with Crippen molar-refractivity contribution in [3.8, 4) is 23.0 Å². The molecule has 1 aliphatic heterocycles. The summed E-state index contributed by atoms with van der Waals surface area (Å²) in [5.41, 5.74) is -0.216. The fourth-order valence-corrected chi connectivity index (χ4v) is 3.54. The van der Waals surface area contributed by atoms with Crippen LogP contribution in [0.5, 0.6) is 23.0 Å². The molecule has 0 amide bonds. The van der Waals surface area contributed by atoms with Gasteiger partial charge in [0, 0.05) is 35.3 Å². The van der Waals surface area contributed by atoms with Gasteiger partial charge in [-0.15, -0.1) is 0 Å². The largest absolute Gasteiger partial charge is 0.508 e. The molecule has 7 heteroatoms. The van der Waals surface area contributed by atoms with Crippen molar-refractivity contribution in [1.82, 2.24) is 0 Å². The lowest BCUT2D eigenvalue weighted by Gasteiger charge is -2.21. The van der Waals surface area contributed by atoms with Gasteiger partial charge in [-0.05, 0) is 18.6 Å². The highest BCUT2D eigenvalue weighted by Gasteiger charge is 2.39. The Morgan fingerprint density at radius 2 is 1.72 bits per heavy atom. The van der Waals surface area contributed by atoms with Crippen molar-refractivity contribution in [3.05, 3.63) is 46.0 Å². The standard InChI is InChI=1S/C18H14O7/c19-2-1-7-6-25-12-5-10-15(17(23)13(7)12)18(24)14-9(16(10)22)3-8(20)4-11(14)21/h3-5,7,19-21,23H,1-2,6H2/t7-/m0/s1. The summed E-state index contributed by atoms with van der Waals surface area (Å²) in [7, 11) is 0. The number of benzene rings is 2. The summed E-state index contributed by atoms with van der Waals surface area (Å²) >= 11 is 0. The summed E-state index contributed by atoms with van der Waals surface area (Å²) in [6, 6.07) is 3.47. The van der Waals surface area contributed by atoms with E-state index in [2.05, 4.69) is 0 Å². The van der Waals surface area contributed by atoms with E-state index in [9.17, 15) is 24.9 Å².